The van der Waals surface area contributed by atoms with Gasteiger partial charge < -0.3 is 5.32 Å². The Morgan fingerprint density at radius 1 is 1.33 bits per heavy atom. The number of anilines is 1. The Bertz CT molecular complexity index is 880. The van der Waals surface area contributed by atoms with Crippen LogP contribution in [0.25, 0.3) is 0 Å². The molecule has 2 aliphatic rings. The van der Waals surface area contributed by atoms with Gasteiger partial charge in [-0.3, -0.25) is 19.2 Å². The highest BCUT2D eigenvalue weighted by atomic mass is 19.1. The van der Waals surface area contributed by atoms with E-state index in [4.69, 9.17) is 0 Å². The molecule has 4 rings (SSSR count). The summed E-state index contributed by atoms with van der Waals surface area (Å²) in [5, 5.41) is 7.35. The molecule has 2 unspecified atom stereocenters. The summed E-state index contributed by atoms with van der Waals surface area (Å²) < 4.78 is 15.1. The molecular formula is C20H23FN4O2. The Morgan fingerprint density at radius 2 is 2.19 bits per heavy atom. The third-order valence-corrected chi connectivity index (χ3v) is 5.76. The summed E-state index contributed by atoms with van der Waals surface area (Å²) in [6, 6.07) is 7.44. The van der Waals surface area contributed by atoms with Crippen molar-refractivity contribution in [1.82, 2.24) is 15.1 Å². The largest absolute Gasteiger partial charge is 0.349 e. The van der Waals surface area contributed by atoms with Crippen LogP contribution in [0.2, 0.25) is 0 Å². The van der Waals surface area contributed by atoms with Gasteiger partial charge in [-0.05, 0) is 43.9 Å². The zero-order valence-electron chi connectivity index (χ0n) is 15.3. The van der Waals surface area contributed by atoms with Gasteiger partial charge >= 0.3 is 0 Å². The molecule has 2 fully saturated rings. The van der Waals surface area contributed by atoms with Crippen LogP contribution in [0.1, 0.15) is 42.5 Å². The first-order valence-electron chi connectivity index (χ1n) is 9.35. The lowest BCUT2D eigenvalue weighted by atomic mass is 9.71. The Hall–Kier alpha value is -2.70. The normalized spacial score (nSPS) is 25.2. The van der Waals surface area contributed by atoms with E-state index in [9.17, 15) is 14.0 Å². The summed E-state index contributed by atoms with van der Waals surface area (Å²) in [4.78, 5) is 27.4. The molecule has 1 aliphatic carbocycles. The van der Waals surface area contributed by atoms with Crippen LogP contribution in [0.4, 0.5) is 10.2 Å². The van der Waals surface area contributed by atoms with Crippen molar-refractivity contribution in [1.29, 1.82) is 0 Å². The van der Waals surface area contributed by atoms with Gasteiger partial charge in [0.2, 0.25) is 5.91 Å². The molecule has 1 aliphatic heterocycles. The van der Waals surface area contributed by atoms with E-state index < -0.39 is 11.2 Å². The highest BCUT2D eigenvalue weighted by Crippen LogP contribution is 2.45. The van der Waals surface area contributed by atoms with E-state index in [2.05, 4.69) is 10.4 Å². The maximum Gasteiger partial charge on any atom is 0.251 e. The van der Waals surface area contributed by atoms with E-state index in [1.165, 1.54) is 18.2 Å². The van der Waals surface area contributed by atoms with Gasteiger partial charge in [0.05, 0.1) is 5.41 Å². The summed E-state index contributed by atoms with van der Waals surface area (Å²) in [5.74, 6) is 0.0690. The van der Waals surface area contributed by atoms with Gasteiger partial charge in [0.25, 0.3) is 5.91 Å². The molecule has 1 spiro atoms. The van der Waals surface area contributed by atoms with E-state index in [1.807, 2.05) is 19.3 Å². The van der Waals surface area contributed by atoms with E-state index in [1.54, 1.807) is 15.6 Å². The van der Waals surface area contributed by atoms with Gasteiger partial charge in [0.1, 0.15) is 5.82 Å². The SMILES string of the molecule is Cn1ccc(N2CCC3(CCCC(NC(=O)c4cccc(F)c4)C3)C2=O)n1. The van der Waals surface area contributed by atoms with E-state index in [0.717, 1.165) is 25.7 Å². The predicted octanol–water partition coefficient (Wildman–Crippen LogP) is 2.65. The number of amides is 2. The molecule has 0 bridgehead atoms. The number of hydrogen-bond donors (Lipinski definition) is 1. The fourth-order valence-electron chi connectivity index (χ4n) is 4.39. The molecule has 2 amide bonds. The number of hydrogen-bond acceptors (Lipinski definition) is 3. The fourth-order valence-corrected chi connectivity index (χ4v) is 4.39. The minimum absolute atomic E-state index is 0.0813. The van der Waals surface area contributed by atoms with Crippen LogP contribution >= 0.6 is 0 Å². The first kappa shape index (κ1) is 17.7. The van der Waals surface area contributed by atoms with Gasteiger partial charge in [-0.25, -0.2) is 4.39 Å². The number of carbonyl (C=O) groups is 2. The summed E-state index contributed by atoms with van der Waals surface area (Å²) in [6.07, 6.45) is 5.78. The fraction of sp³-hybridized carbons (Fsp3) is 0.450. The number of aromatic nitrogens is 2. The third-order valence-electron chi connectivity index (χ3n) is 5.76. The highest BCUT2D eigenvalue weighted by molar-refractivity contribution is 5.99. The van der Waals surface area contributed by atoms with Crippen molar-refractivity contribution >= 4 is 17.6 Å². The third kappa shape index (κ3) is 3.34. The van der Waals surface area contributed by atoms with Crippen LogP contribution in [0, 0.1) is 11.2 Å². The molecule has 2 atom stereocenters. The van der Waals surface area contributed by atoms with Crippen LogP contribution in [-0.2, 0) is 11.8 Å². The van der Waals surface area contributed by atoms with Gasteiger partial charge in [0.15, 0.2) is 5.82 Å². The molecule has 1 saturated carbocycles. The first-order chi connectivity index (χ1) is 13.0. The van der Waals surface area contributed by atoms with Crippen LogP contribution in [0.15, 0.2) is 36.5 Å². The van der Waals surface area contributed by atoms with Gasteiger partial charge in [-0.2, -0.15) is 5.10 Å². The number of rotatable bonds is 3. The lowest BCUT2D eigenvalue weighted by molar-refractivity contribution is -0.127. The van der Waals surface area contributed by atoms with Crippen molar-refractivity contribution in [3.8, 4) is 0 Å². The second-order valence-electron chi connectivity index (χ2n) is 7.61. The lowest BCUT2D eigenvalue weighted by Gasteiger charge is -2.36. The van der Waals surface area contributed by atoms with Crippen LogP contribution in [0.5, 0.6) is 0 Å². The van der Waals surface area contributed by atoms with Crippen LogP contribution in [-0.4, -0.2) is 34.2 Å². The average Bonchev–Trinajstić information content (AvgIpc) is 3.20. The Balaban J connectivity index is 1.46. The molecule has 1 aromatic carbocycles. The number of carbonyl (C=O) groups excluding carboxylic acids is 2. The molecule has 2 heterocycles. The number of nitrogens with one attached hydrogen (secondary N) is 1. The molecule has 2 aromatic rings. The van der Waals surface area contributed by atoms with Crippen molar-refractivity contribution in [2.24, 2.45) is 12.5 Å². The Morgan fingerprint density at radius 3 is 2.93 bits per heavy atom. The summed E-state index contributed by atoms with van der Waals surface area (Å²) in [7, 11) is 1.83. The molecule has 6 nitrogen and oxygen atoms in total. The first-order valence-corrected chi connectivity index (χ1v) is 9.35. The topological polar surface area (TPSA) is 67.2 Å². The predicted molar refractivity (Wildman–Crippen MR) is 98.7 cm³/mol. The quantitative estimate of drug-likeness (QED) is 0.903. The molecule has 1 N–H and O–H groups in total. The second-order valence-corrected chi connectivity index (χ2v) is 7.61. The highest BCUT2D eigenvalue weighted by Gasteiger charge is 2.50. The maximum absolute atomic E-state index is 13.4. The zero-order valence-corrected chi connectivity index (χ0v) is 15.3. The van der Waals surface area contributed by atoms with E-state index in [-0.39, 0.29) is 17.9 Å². The number of aryl methyl sites for hydroxylation is 1. The van der Waals surface area contributed by atoms with Crippen molar-refractivity contribution in [2.45, 2.75) is 38.1 Å². The zero-order chi connectivity index (χ0) is 19.0. The molecule has 1 aromatic heterocycles. The molecule has 27 heavy (non-hydrogen) atoms. The van der Waals surface area contributed by atoms with Crippen LogP contribution < -0.4 is 10.2 Å². The maximum atomic E-state index is 13.4. The van der Waals surface area contributed by atoms with Crippen molar-refractivity contribution < 1.29 is 14.0 Å². The summed E-state index contributed by atoms with van der Waals surface area (Å²) in [6.45, 7) is 0.653. The smallest absolute Gasteiger partial charge is 0.251 e. The van der Waals surface area contributed by atoms with Gasteiger partial charge in [-0.1, -0.05) is 12.5 Å². The second kappa shape index (κ2) is 6.79. The lowest BCUT2D eigenvalue weighted by Crippen LogP contribution is -2.46. The van der Waals surface area contributed by atoms with Crippen molar-refractivity contribution in [3.63, 3.8) is 0 Å². The van der Waals surface area contributed by atoms with E-state index in [0.29, 0.717) is 24.3 Å². The van der Waals surface area contributed by atoms with Crippen molar-refractivity contribution in [3.05, 3.63) is 47.9 Å². The molecular weight excluding hydrogens is 347 g/mol. The Labute approximate surface area is 157 Å². The minimum Gasteiger partial charge on any atom is -0.349 e. The van der Waals surface area contributed by atoms with Gasteiger partial charge in [-0.15, -0.1) is 0 Å². The van der Waals surface area contributed by atoms with Crippen LogP contribution in [0.3, 0.4) is 0 Å². The average molecular weight is 370 g/mol. The number of benzene rings is 1. The van der Waals surface area contributed by atoms with Crippen molar-refractivity contribution in [2.75, 3.05) is 11.4 Å². The number of halogens is 1. The standard InChI is InChI=1S/C20H23FN4O2/c1-24-10-7-17(23-24)25-11-9-20(19(25)27)8-3-6-16(13-20)22-18(26)14-4-2-5-15(21)12-14/h2,4-5,7,10,12,16H,3,6,8-9,11,13H2,1H3,(H,22,26). The monoisotopic (exact) mass is 370 g/mol. The summed E-state index contributed by atoms with van der Waals surface area (Å²) in [5.41, 5.74) is -0.127. The molecule has 0 radical (unpaired) electrons. The summed E-state index contributed by atoms with van der Waals surface area (Å²) >= 11 is 0. The minimum atomic E-state index is -0.435. The molecule has 7 heteroatoms. The number of nitrogens with zero attached hydrogens (tertiary/aromatic N) is 3. The molecule has 1 saturated heterocycles. The molecule has 142 valence electrons. The van der Waals surface area contributed by atoms with Gasteiger partial charge in [0, 0.05) is 37.5 Å². The Kier molecular flexibility index (Phi) is 4.45. The van der Waals surface area contributed by atoms with E-state index >= 15 is 0 Å².